The molecule has 2 aromatic rings. The van der Waals surface area contributed by atoms with Crippen LogP contribution >= 0.6 is 0 Å². The van der Waals surface area contributed by atoms with E-state index in [0.717, 1.165) is 31.6 Å². The average Bonchev–Trinajstić information content (AvgIpc) is 2.89. The van der Waals surface area contributed by atoms with Crippen molar-refractivity contribution in [2.24, 2.45) is 0 Å². The molecule has 1 aliphatic heterocycles. The first kappa shape index (κ1) is 14.5. The van der Waals surface area contributed by atoms with Crippen LogP contribution in [-0.4, -0.2) is 27.6 Å². The SMILES string of the molecule is CCCn1c(C2(CCC)CCNCC2)nc2cnccc21. The Hall–Kier alpha value is -1.42. The van der Waals surface area contributed by atoms with Gasteiger partial charge in [0.05, 0.1) is 11.7 Å². The smallest absolute Gasteiger partial charge is 0.116 e. The molecule has 0 amide bonds. The normalized spacial score (nSPS) is 18.2. The summed E-state index contributed by atoms with van der Waals surface area (Å²) in [6.07, 6.45) is 9.77. The molecule has 2 aromatic heterocycles. The number of hydrogen-bond acceptors (Lipinski definition) is 3. The van der Waals surface area contributed by atoms with Gasteiger partial charge in [0, 0.05) is 18.2 Å². The highest BCUT2D eigenvalue weighted by Crippen LogP contribution is 2.38. The van der Waals surface area contributed by atoms with Crippen LogP contribution in [-0.2, 0) is 12.0 Å². The van der Waals surface area contributed by atoms with Crippen molar-refractivity contribution in [2.45, 2.75) is 57.9 Å². The Morgan fingerprint density at radius 2 is 2.05 bits per heavy atom. The summed E-state index contributed by atoms with van der Waals surface area (Å²) in [4.78, 5) is 9.27. The van der Waals surface area contributed by atoms with Crippen molar-refractivity contribution in [2.75, 3.05) is 13.1 Å². The molecule has 1 aliphatic rings. The Bertz CT molecular complexity index is 590. The second kappa shape index (κ2) is 6.14. The fraction of sp³-hybridized carbons (Fsp3) is 0.647. The van der Waals surface area contributed by atoms with Gasteiger partial charge in [-0.05, 0) is 44.8 Å². The molecule has 0 aromatic carbocycles. The predicted molar refractivity (Wildman–Crippen MR) is 86.5 cm³/mol. The number of piperidine rings is 1. The molecule has 114 valence electrons. The lowest BCUT2D eigenvalue weighted by Gasteiger charge is -2.37. The molecule has 0 bridgehead atoms. The van der Waals surface area contributed by atoms with Crippen LogP contribution in [0.2, 0.25) is 0 Å². The van der Waals surface area contributed by atoms with Crippen LogP contribution in [0.3, 0.4) is 0 Å². The van der Waals surface area contributed by atoms with Crippen LogP contribution < -0.4 is 5.32 Å². The van der Waals surface area contributed by atoms with E-state index in [2.05, 4.69) is 34.8 Å². The van der Waals surface area contributed by atoms with Crippen molar-refractivity contribution < 1.29 is 0 Å². The van der Waals surface area contributed by atoms with E-state index in [1.165, 1.54) is 37.0 Å². The summed E-state index contributed by atoms with van der Waals surface area (Å²) in [7, 11) is 0. The van der Waals surface area contributed by atoms with Crippen molar-refractivity contribution >= 4 is 11.0 Å². The largest absolute Gasteiger partial charge is 0.327 e. The van der Waals surface area contributed by atoms with Gasteiger partial charge in [-0.1, -0.05) is 20.3 Å². The van der Waals surface area contributed by atoms with Crippen LogP contribution in [0, 0.1) is 0 Å². The second-order valence-electron chi connectivity index (χ2n) is 6.23. The van der Waals surface area contributed by atoms with E-state index >= 15 is 0 Å². The highest BCUT2D eigenvalue weighted by Gasteiger charge is 2.37. The number of rotatable bonds is 5. The molecule has 3 heterocycles. The van der Waals surface area contributed by atoms with Crippen LogP contribution in [0.4, 0.5) is 0 Å². The third-order valence-electron chi connectivity index (χ3n) is 4.76. The van der Waals surface area contributed by atoms with Gasteiger partial charge in [0.15, 0.2) is 0 Å². The number of imidazole rings is 1. The first-order chi connectivity index (χ1) is 10.3. The summed E-state index contributed by atoms with van der Waals surface area (Å²) in [6, 6.07) is 2.11. The molecule has 1 N–H and O–H groups in total. The lowest BCUT2D eigenvalue weighted by atomic mass is 9.74. The Kier molecular flexibility index (Phi) is 4.24. The lowest BCUT2D eigenvalue weighted by Crippen LogP contribution is -2.41. The number of aromatic nitrogens is 3. The van der Waals surface area contributed by atoms with Gasteiger partial charge in [0.2, 0.25) is 0 Å². The Morgan fingerprint density at radius 1 is 1.24 bits per heavy atom. The summed E-state index contributed by atoms with van der Waals surface area (Å²) in [6.45, 7) is 7.79. The Morgan fingerprint density at radius 3 is 2.76 bits per heavy atom. The monoisotopic (exact) mass is 286 g/mol. The zero-order valence-electron chi connectivity index (χ0n) is 13.2. The Labute approximate surface area is 127 Å². The van der Waals surface area contributed by atoms with Gasteiger partial charge in [-0.25, -0.2) is 4.98 Å². The predicted octanol–water partition coefficient (Wildman–Crippen LogP) is 3.26. The van der Waals surface area contributed by atoms with Crippen molar-refractivity contribution in [3.8, 4) is 0 Å². The van der Waals surface area contributed by atoms with E-state index < -0.39 is 0 Å². The molecule has 0 unspecified atom stereocenters. The van der Waals surface area contributed by atoms with E-state index in [1.807, 2.05) is 12.4 Å². The molecule has 0 aliphatic carbocycles. The van der Waals surface area contributed by atoms with Gasteiger partial charge in [-0.2, -0.15) is 0 Å². The van der Waals surface area contributed by atoms with E-state index in [-0.39, 0.29) is 5.41 Å². The number of aryl methyl sites for hydroxylation is 1. The molecule has 0 spiro atoms. The highest BCUT2D eigenvalue weighted by molar-refractivity contribution is 5.75. The molecule has 21 heavy (non-hydrogen) atoms. The molecular formula is C17H26N4. The molecular weight excluding hydrogens is 260 g/mol. The Balaban J connectivity index is 2.13. The minimum atomic E-state index is 0.244. The minimum Gasteiger partial charge on any atom is -0.327 e. The van der Waals surface area contributed by atoms with E-state index in [4.69, 9.17) is 4.98 Å². The van der Waals surface area contributed by atoms with Crippen molar-refractivity contribution in [1.82, 2.24) is 19.9 Å². The molecule has 4 nitrogen and oxygen atoms in total. The molecule has 0 radical (unpaired) electrons. The number of hydrogen-bond donors (Lipinski definition) is 1. The van der Waals surface area contributed by atoms with Crippen molar-refractivity contribution in [3.63, 3.8) is 0 Å². The zero-order valence-corrected chi connectivity index (χ0v) is 13.2. The number of nitrogens with one attached hydrogen (secondary N) is 1. The van der Waals surface area contributed by atoms with Gasteiger partial charge < -0.3 is 9.88 Å². The number of nitrogens with zero attached hydrogens (tertiary/aromatic N) is 3. The maximum absolute atomic E-state index is 5.02. The lowest BCUT2D eigenvalue weighted by molar-refractivity contribution is 0.263. The van der Waals surface area contributed by atoms with Gasteiger partial charge in [-0.15, -0.1) is 0 Å². The minimum absolute atomic E-state index is 0.244. The molecule has 1 saturated heterocycles. The third kappa shape index (κ3) is 2.57. The summed E-state index contributed by atoms with van der Waals surface area (Å²) in [5.41, 5.74) is 2.54. The maximum atomic E-state index is 5.02. The fourth-order valence-electron chi connectivity index (χ4n) is 3.81. The van der Waals surface area contributed by atoms with Crippen molar-refractivity contribution in [3.05, 3.63) is 24.3 Å². The van der Waals surface area contributed by atoms with E-state index in [1.54, 1.807) is 0 Å². The van der Waals surface area contributed by atoms with Crippen LogP contribution in [0.25, 0.3) is 11.0 Å². The van der Waals surface area contributed by atoms with Gasteiger partial charge >= 0.3 is 0 Å². The molecule has 3 rings (SSSR count). The summed E-state index contributed by atoms with van der Waals surface area (Å²) in [5, 5.41) is 3.50. The topological polar surface area (TPSA) is 42.7 Å². The maximum Gasteiger partial charge on any atom is 0.116 e. The molecule has 0 saturated carbocycles. The van der Waals surface area contributed by atoms with E-state index in [0.29, 0.717) is 0 Å². The van der Waals surface area contributed by atoms with E-state index in [9.17, 15) is 0 Å². The van der Waals surface area contributed by atoms with Crippen molar-refractivity contribution in [1.29, 1.82) is 0 Å². The molecule has 1 fully saturated rings. The van der Waals surface area contributed by atoms with Gasteiger partial charge in [0.25, 0.3) is 0 Å². The standard InChI is InChI=1S/C17H26N4/c1-3-6-17(7-10-18-11-8-17)16-20-14-13-19-9-5-15(14)21(16)12-4-2/h5,9,13,18H,3-4,6-8,10-12H2,1-2H3. The highest BCUT2D eigenvalue weighted by atomic mass is 15.1. The number of pyridine rings is 1. The second-order valence-corrected chi connectivity index (χ2v) is 6.23. The average molecular weight is 286 g/mol. The van der Waals surface area contributed by atoms with Crippen LogP contribution in [0.5, 0.6) is 0 Å². The zero-order chi connectivity index (χ0) is 14.7. The third-order valence-corrected chi connectivity index (χ3v) is 4.76. The van der Waals surface area contributed by atoms with Gasteiger partial charge in [0.1, 0.15) is 11.3 Å². The summed E-state index contributed by atoms with van der Waals surface area (Å²) in [5.74, 6) is 1.30. The molecule has 0 atom stereocenters. The first-order valence-corrected chi connectivity index (χ1v) is 8.32. The summed E-state index contributed by atoms with van der Waals surface area (Å²) >= 11 is 0. The molecule has 4 heteroatoms. The van der Waals surface area contributed by atoms with Gasteiger partial charge in [-0.3, -0.25) is 4.98 Å². The van der Waals surface area contributed by atoms with Crippen LogP contribution in [0.15, 0.2) is 18.5 Å². The fourth-order valence-corrected chi connectivity index (χ4v) is 3.81. The number of fused-ring (bicyclic) bond motifs is 1. The quantitative estimate of drug-likeness (QED) is 0.917. The first-order valence-electron chi connectivity index (χ1n) is 8.32. The summed E-state index contributed by atoms with van der Waals surface area (Å²) < 4.78 is 2.46. The van der Waals surface area contributed by atoms with Crippen LogP contribution in [0.1, 0.15) is 51.8 Å².